The summed E-state index contributed by atoms with van der Waals surface area (Å²) in [5.41, 5.74) is 0.734. The highest BCUT2D eigenvalue weighted by Gasteiger charge is 2.14. The molecule has 1 aromatic rings. The van der Waals surface area contributed by atoms with Gasteiger partial charge in [-0.25, -0.2) is 0 Å². The summed E-state index contributed by atoms with van der Waals surface area (Å²) in [7, 11) is 5.58. The third-order valence-corrected chi connectivity index (χ3v) is 3.41. The molecule has 1 aromatic carbocycles. The van der Waals surface area contributed by atoms with E-state index in [9.17, 15) is 9.59 Å². The van der Waals surface area contributed by atoms with Crippen molar-refractivity contribution in [3.05, 3.63) is 24.3 Å². The molecule has 0 heterocycles. The maximum Gasteiger partial charge on any atom is 0.223 e. The van der Waals surface area contributed by atoms with Crippen molar-refractivity contribution in [1.29, 1.82) is 0 Å². The Hall–Kier alpha value is -2.08. The maximum absolute atomic E-state index is 11.9. The molecule has 0 radical (unpaired) electrons. The molecule has 0 aliphatic rings. The predicted octanol–water partition coefficient (Wildman–Crippen LogP) is 1.51. The summed E-state index contributed by atoms with van der Waals surface area (Å²) in [6.45, 7) is 3.43. The van der Waals surface area contributed by atoms with Gasteiger partial charge in [-0.05, 0) is 39.2 Å². The number of nitrogens with zero attached hydrogens (tertiary/aromatic N) is 2. The zero-order valence-corrected chi connectivity index (χ0v) is 14.5. The van der Waals surface area contributed by atoms with Gasteiger partial charge in [-0.2, -0.15) is 0 Å². The van der Waals surface area contributed by atoms with Gasteiger partial charge in [-0.1, -0.05) is 6.07 Å². The monoisotopic (exact) mass is 321 g/mol. The van der Waals surface area contributed by atoms with Gasteiger partial charge in [0.25, 0.3) is 0 Å². The average molecular weight is 321 g/mol. The average Bonchev–Trinajstić information content (AvgIpc) is 2.51. The summed E-state index contributed by atoms with van der Waals surface area (Å²) in [6.07, 6.45) is 1.18. The Bertz CT molecular complexity index is 518. The van der Waals surface area contributed by atoms with E-state index in [1.54, 1.807) is 18.1 Å². The Morgan fingerprint density at radius 1 is 1.22 bits per heavy atom. The van der Waals surface area contributed by atoms with Gasteiger partial charge >= 0.3 is 0 Å². The van der Waals surface area contributed by atoms with Crippen LogP contribution in [0.5, 0.6) is 5.75 Å². The molecule has 6 nitrogen and oxygen atoms in total. The molecule has 0 spiro atoms. The van der Waals surface area contributed by atoms with E-state index >= 15 is 0 Å². The Morgan fingerprint density at radius 3 is 2.57 bits per heavy atom. The SMILES string of the molecule is COc1cccc(N(CCC(=O)NCCCN(C)C)C(C)=O)c1. The number of nitrogens with one attached hydrogen (secondary N) is 1. The Morgan fingerprint density at radius 2 is 1.96 bits per heavy atom. The molecule has 0 fully saturated rings. The number of carbonyl (C=O) groups is 2. The molecular formula is C17H27N3O3. The first-order valence-corrected chi connectivity index (χ1v) is 7.77. The van der Waals surface area contributed by atoms with Crippen molar-refractivity contribution in [1.82, 2.24) is 10.2 Å². The molecule has 0 saturated heterocycles. The first-order chi connectivity index (χ1) is 10.9. The van der Waals surface area contributed by atoms with Gasteiger partial charge in [0.2, 0.25) is 11.8 Å². The number of benzene rings is 1. The van der Waals surface area contributed by atoms with Gasteiger partial charge in [0.15, 0.2) is 0 Å². The van der Waals surface area contributed by atoms with E-state index in [1.807, 2.05) is 32.3 Å². The van der Waals surface area contributed by atoms with Crippen molar-refractivity contribution in [2.24, 2.45) is 0 Å². The molecule has 128 valence electrons. The van der Waals surface area contributed by atoms with E-state index < -0.39 is 0 Å². The van der Waals surface area contributed by atoms with Crippen molar-refractivity contribution in [2.75, 3.05) is 45.7 Å². The summed E-state index contributed by atoms with van der Waals surface area (Å²) < 4.78 is 5.17. The number of amides is 2. The van der Waals surface area contributed by atoms with E-state index in [2.05, 4.69) is 10.2 Å². The van der Waals surface area contributed by atoms with Crippen molar-refractivity contribution >= 4 is 17.5 Å². The highest BCUT2D eigenvalue weighted by atomic mass is 16.5. The van der Waals surface area contributed by atoms with Crippen molar-refractivity contribution in [3.8, 4) is 5.75 Å². The van der Waals surface area contributed by atoms with Crippen LogP contribution in [0.2, 0.25) is 0 Å². The molecule has 23 heavy (non-hydrogen) atoms. The number of hydrogen-bond donors (Lipinski definition) is 1. The lowest BCUT2D eigenvalue weighted by molar-refractivity contribution is -0.121. The van der Waals surface area contributed by atoms with Crippen LogP contribution in [0.1, 0.15) is 19.8 Å². The Balaban J connectivity index is 2.50. The highest BCUT2D eigenvalue weighted by Crippen LogP contribution is 2.21. The maximum atomic E-state index is 11.9. The van der Waals surface area contributed by atoms with E-state index in [-0.39, 0.29) is 18.2 Å². The van der Waals surface area contributed by atoms with Crippen molar-refractivity contribution in [3.63, 3.8) is 0 Å². The summed E-state index contributed by atoms with van der Waals surface area (Å²) in [4.78, 5) is 27.4. The number of methoxy groups -OCH3 is 1. The minimum absolute atomic E-state index is 0.0436. The van der Waals surface area contributed by atoms with Crippen LogP contribution in [-0.2, 0) is 9.59 Å². The van der Waals surface area contributed by atoms with Gasteiger partial charge in [0.05, 0.1) is 7.11 Å². The summed E-state index contributed by atoms with van der Waals surface area (Å²) in [5, 5.41) is 2.88. The number of ether oxygens (including phenoxy) is 1. The van der Waals surface area contributed by atoms with Crippen LogP contribution in [0, 0.1) is 0 Å². The first kappa shape index (κ1) is 19.0. The number of carbonyl (C=O) groups excluding carboxylic acids is 2. The van der Waals surface area contributed by atoms with Gasteiger partial charge in [-0.15, -0.1) is 0 Å². The molecule has 6 heteroatoms. The number of hydrogen-bond acceptors (Lipinski definition) is 4. The topological polar surface area (TPSA) is 61.9 Å². The quantitative estimate of drug-likeness (QED) is 0.700. The third kappa shape index (κ3) is 7.15. The largest absolute Gasteiger partial charge is 0.497 e. The lowest BCUT2D eigenvalue weighted by Crippen LogP contribution is -2.34. The second-order valence-electron chi connectivity index (χ2n) is 5.63. The van der Waals surface area contributed by atoms with Crippen LogP contribution in [0.15, 0.2) is 24.3 Å². The molecule has 0 bridgehead atoms. The molecule has 0 unspecified atom stereocenters. The smallest absolute Gasteiger partial charge is 0.223 e. The van der Waals surface area contributed by atoms with Crippen LogP contribution in [0.4, 0.5) is 5.69 Å². The first-order valence-electron chi connectivity index (χ1n) is 7.77. The van der Waals surface area contributed by atoms with E-state index in [1.165, 1.54) is 6.92 Å². The van der Waals surface area contributed by atoms with E-state index in [0.29, 0.717) is 18.8 Å². The summed E-state index contributed by atoms with van der Waals surface area (Å²) in [6, 6.07) is 7.26. The lowest BCUT2D eigenvalue weighted by atomic mass is 10.2. The van der Waals surface area contributed by atoms with Gasteiger partial charge in [0.1, 0.15) is 5.75 Å². The van der Waals surface area contributed by atoms with Gasteiger partial charge in [-0.3, -0.25) is 9.59 Å². The molecule has 0 atom stereocenters. The third-order valence-electron chi connectivity index (χ3n) is 3.41. The van der Waals surface area contributed by atoms with Gasteiger partial charge in [0, 0.05) is 38.2 Å². The summed E-state index contributed by atoms with van der Waals surface area (Å²) in [5.74, 6) is 0.540. The highest BCUT2D eigenvalue weighted by molar-refractivity contribution is 5.92. The second kappa shape index (κ2) is 9.84. The van der Waals surface area contributed by atoms with Crippen LogP contribution in [0.25, 0.3) is 0 Å². The van der Waals surface area contributed by atoms with Crippen LogP contribution in [0.3, 0.4) is 0 Å². The van der Waals surface area contributed by atoms with E-state index in [0.717, 1.165) is 18.7 Å². The summed E-state index contributed by atoms with van der Waals surface area (Å²) >= 11 is 0. The van der Waals surface area contributed by atoms with Crippen LogP contribution >= 0.6 is 0 Å². The fraction of sp³-hybridized carbons (Fsp3) is 0.529. The molecule has 0 saturated carbocycles. The molecule has 1 N–H and O–H groups in total. The molecule has 2 amide bonds. The lowest BCUT2D eigenvalue weighted by Gasteiger charge is -2.21. The van der Waals surface area contributed by atoms with Crippen molar-refractivity contribution < 1.29 is 14.3 Å². The normalized spacial score (nSPS) is 10.5. The van der Waals surface area contributed by atoms with Crippen LogP contribution in [-0.4, -0.2) is 57.6 Å². The minimum atomic E-state index is -0.0985. The second-order valence-corrected chi connectivity index (χ2v) is 5.63. The van der Waals surface area contributed by atoms with Crippen molar-refractivity contribution in [2.45, 2.75) is 19.8 Å². The number of rotatable bonds is 9. The number of anilines is 1. The zero-order chi connectivity index (χ0) is 17.2. The molecule has 0 aliphatic carbocycles. The molecular weight excluding hydrogens is 294 g/mol. The molecule has 0 aromatic heterocycles. The standard InChI is InChI=1S/C17H27N3O3/c1-14(21)20(15-7-5-8-16(13-15)23-4)12-9-17(22)18-10-6-11-19(2)3/h5,7-8,13H,6,9-12H2,1-4H3,(H,18,22). The molecule has 1 rings (SSSR count). The van der Waals surface area contributed by atoms with E-state index in [4.69, 9.17) is 4.74 Å². The zero-order valence-electron chi connectivity index (χ0n) is 14.5. The fourth-order valence-corrected chi connectivity index (χ4v) is 2.17. The van der Waals surface area contributed by atoms with Gasteiger partial charge < -0.3 is 19.9 Å². The predicted molar refractivity (Wildman–Crippen MR) is 91.8 cm³/mol. The Labute approximate surface area is 138 Å². The minimum Gasteiger partial charge on any atom is -0.497 e. The Kier molecular flexibility index (Phi) is 8.11. The molecule has 0 aliphatic heterocycles. The van der Waals surface area contributed by atoms with Crippen LogP contribution < -0.4 is 15.0 Å². The fourth-order valence-electron chi connectivity index (χ4n) is 2.17.